The molecule has 1 fully saturated rings. The van der Waals surface area contributed by atoms with Crippen molar-refractivity contribution in [1.82, 2.24) is 10.2 Å². The number of benzene rings is 1. The van der Waals surface area contributed by atoms with E-state index in [0.717, 1.165) is 63.3 Å². The highest BCUT2D eigenvalue weighted by Crippen LogP contribution is 2.22. The van der Waals surface area contributed by atoms with E-state index in [1.54, 1.807) is 7.11 Å². The largest absolute Gasteiger partial charge is 0.497 e. The first-order chi connectivity index (χ1) is 19.6. The molecule has 1 aromatic carbocycles. The molecule has 2 amide bonds. The molecule has 0 radical (unpaired) electrons. The summed E-state index contributed by atoms with van der Waals surface area (Å²) in [6.07, 6.45) is 23.0. The second-order valence-electron chi connectivity index (χ2n) is 11.6. The molecule has 1 aliphatic rings. The van der Waals surface area contributed by atoms with Crippen molar-refractivity contribution >= 4 is 17.5 Å². The minimum absolute atomic E-state index is 0.162. The molecular formula is C34H59N3O3. The van der Waals surface area contributed by atoms with Crippen LogP contribution in [0, 0.1) is 0 Å². The van der Waals surface area contributed by atoms with Gasteiger partial charge >= 0.3 is 0 Å². The van der Waals surface area contributed by atoms with Crippen molar-refractivity contribution in [3.05, 3.63) is 24.3 Å². The van der Waals surface area contributed by atoms with Crippen molar-refractivity contribution in [3.63, 3.8) is 0 Å². The van der Waals surface area contributed by atoms with E-state index in [1.165, 1.54) is 83.5 Å². The number of ether oxygens (including phenoxy) is 1. The molecule has 6 heteroatoms. The maximum Gasteiger partial charge on any atom is 0.222 e. The lowest BCUT2D eigenvalue weighted by molar-refractivity contribution is -0.131. The first kappa shape index (κ1) is 34.0. The van der Waals surface area contributed by atoms with E-state index in [4.69, 9.17) is 4.74 Å². The van der Waals surface area contributed by atoms with E-state index in [-0.39, 0.29) is 11.8 Å². The number of carbonyl (C=O) groups excluding carboxylic acids is 2. The van der Waals surface area contributed by atoms with Crippen molar-refractivity contribution in [1.29, 1.82) is 0 Å². The molecule has 0 saturated carbocycles. The van der Waals surface area contributed by atoms with Gasteiger partial charge in [-0.3, -0.25) is 9.59 Å². The van der Waals surface area contributed by atoms with Crippen LogP contribution in [0.4, 0.5) is 5.69 Å². The molecule has 1 N–H and O–H groups in total. The van der Waals surface area contributed by atoms with Gasteiger partial charge in [-0.05, 0) is 31.4 Å². The van der Waals surface area contributed by atoms with Crippen LogP contribution in [-0.4, -0.2) is 56.5 Å². The summed E-state index contributed by atoms with van der Waals surface area (Å²) in [4.78, 5) is 29.0. The Hall–Kier alpha value is -2.24. The molecule has 2 rings (SSSR count). The predicted octanol–water partition coefficient (Wildman–Crippen LogP) is 7.89. The summed E-state index contributed by atoms with van der Waals surface area (Å²) in [6, 6.07) is 8.09. The topological polar surface area (TPSA) is 61.9 Å². The molecule has 1 aliphatic heterocycles. The molecule has 0 bridgehead atoms. The smallest absolute Gasteiger partial charge is 0.222 e. The number of piperazine rings is 1. The Morgan fingerprint density at radius 2 is 1.27 bits per heavy atom. The van der Waals surface area contributed by atoms with E-state index in [1.807, 2.05) is 23.1 Å². The zero-order valence-electron chi connectivity index (χ0n) is 25.9. The fourth-order valence-electron chi connectivity index (χ4n) is 5.55. The quantitative estimate of drug-likeness (QED) is 0.139. The Morgan fingerprint density at radius 1 is 0.725 bits per heavy atom. The summed E-state index contributed by atoms with van der Waals surface area (Å²) in [7, 11) is 1.68. The van der Waals surface area contributed by atoms with Crippen LogP contribution in [0.5, 0.6) is 5.75 Å². The molecule has 1 heterocycles. The first-order valence-corrected chi connectivity index (χ1v) is 16.6. The molecule has 1 saturated heterocycles. The Morgan fingerprint density at radius 3 is 1.85 bits per heavy atom. The monoisotopic (exact) mass is 557 g/mol. The Labute approximate surface area is 245 Å². The molecule has 0 aromatic heterocycles. The molecule has 228 valence electrons. The van der Waals surface area contributed by atoms with E-state index >= 15 is 0 Å². The van der Waals surface area contributed by atoms with Gasteiger partial charge in [-0.1, -0.05) is 103 Å². The van der Waals surface area contributed by atoms with Crippen LogP contribution in [0.2, 0.25) is 0 Å². The highest BCUT2D eigenvalue weighted by atomic mass is 16.5. The third kappa shape index (κ3) is 15.5. The molecule has 1 aromatic rings. The summed E-state index contributed by atoms with van der Waals surface area (Å²) < 4.78 is 5.33. The van der Waals surface area contributed by atoms with Gasteiger partial charge in [0.2, 0.25) is 11.8 Å². The summed E-state index contributed by atoms with van der Waals surface area (Å²) >= 11 is 0. The SMILES string of the molecule is CCCCCCCCCCCCCCCCCC(=O)NCCCCC(=O)N1CCN(c2cccc(OC)c2)CC1. The van der Waals surface area contributed by atoms with Gasteiger partial charge in [0.15, 0.2) is 0 Å². The van der Waals surface area contributed by atoms with E-state index in [0.29, 0.717) is 19.4 Å². The van der Waals surface area contributed by atoms with Crippen LogP contribution in [0.1, 0.15) is 129 Å². The maximum absolute atomic E-state index is 12.6. The van der Waals surface area contributed by atoms with Crippen molar-refractivity contribution in [2.45, 2.75) is 129 Å². The van der Waals surface area contributed by atoms with Gasteiger partial charge in [-0.25, -0.2) is 0 Å². The summed E-state index contributed by atoms with van der Waals surface area (Å²) in [5.41, 5.74) is 1.14. The van der Waals surface area contributed by atoms with E-state index < -0.39 is 0 Å². The molecule has 0 aliphatic carbocycles. The minimum atomic E-state index is 0.162. The molecule has 0 spiro atoms. The van der Waals surface area contributed by atoms with Gasteiger partial charge in [-0.2, -0.15) is 0 Å². The van der Waals surface area contributed by atoms with Gasteiger partial charge in [0.1, 0.15) is 5.75 Å². The third-order valence-corrected chi connectivity index (χ3v) is 8.20. The summed E-state index contributed by atoms with van der Waals surface area (Å²) in [6.45, 7) is 6.15. The lowest BCUT2D eigenvalue weighted by Crippen LogP contribution is -2.48. The normalized spacial score (nSPS) is 13.4. The first-order valence-electron chi connectivity index (χ1n) is 16.6. The van der Waals surface area contributed by atoms with Gasteiger partial charge < -0.3 is 19.9 Å². The molecule has 40 heavy (non-hydrogen) atoms. The average molecular weight is 558 g/mol. The fraction of sp³-hybridized carbons (Fsp3) is 0.765. The number of nitrogens with one attached hydrogen (secondary N) is 1. The molecular weight excluding hydrogens is 498 g/mol. The number of hydrogen-bond donors (Lipinski definition) is 1. The minimum Gasteiger partial charge on any atom is -0.497 e. The number of methoxy groups -OCH3 is 1. The maximum atomic E-state index is 12.6. The van der Waals surface area contributed by atoms with Crippen molar-refractivity contribution in [3.8, 4) is 5.75 Å². The average Bonchev–Trinajstić information content (AvgIpc) is 2.99. The van der Waals surface area contributed by atoms with Gasteiger partial charge in [0, 0.05) is 57.3 Å². The number of anilines is 1. The van der Waals surface area contributed by atoms with Gasteiger partial charge in [-0.15, -0.1) is 0 Å². The van der Waals surface area contributed by atoms with E-state index in [9.17, 15) is 9.59 Å². The zero-order chi connectivity index (χ0) is 28.7. The van der Waals surface area contributed by atoms with Crippen LogP contribution in [-0.2, 0) is 9.59 Å². The Balaban J connectivity index is 1.35. The molecule has 0 atom stereocenters. The summed E-state index contributed by atoms with van der Waals surface area (Å²) in [5.74, 6) is 1.25. The van der Waals surface area contributed by atoms with Crippen LogP contribution in [0.3, 0.4) is 0 Å². The number of carbonyl (C=O) groups is 2. The number of rotatable bonds is 23. The Bertz CT molecular complexity index is 792. The highest BCUT2D eigenvalue weighted by molar-refractivity contribution is 5.77. The number of unbranched alkanes of at least 4 members (excludes halogenated alkanes) is 15. The number of nitrogens with zero attached hydrogens (tertiary/aromatic N) is 2. The molecule has 0 unspecified atom stereocenters. The van der Waals surface area contributed by atoms with Crippen molar-refractivity contribution in [2.75, 3.05) is 44.7 Å². The molecule has 6 nitrogen and oxygen atoms in total. The second-order valence-corrected chi connectivity index (χ2v) is 11.6. The standard InChI is InChI=1S/C34H59N3O3/c1-3-4-5-6-7-8-9-10-11-12-13-14-15-16-17-23-33(38)35-25-19-18-24-34(39)37-28-26-36(27-29-37)31-21-20-22-32(30-31)40-2/h20-22,30H,3-19,23-29H2,1-2H3,(H,35,38). The van der Waals surface area contributed by atoms with Gasteiger partial charge in [0.25, 0.3) is 0 Å². The Kier molecular flexibility index (Phi) is 19.1. The lowest BCUT2D eigenvalue weighted by Gasteiger charge is -2.36. The number of hydrogen-bond acceptors (Lipinski definition) is 4. The van der Waals surface area contributed by atoms with Crippen LogP contribution in [0.25, 0.3) is 0 Å². The van der Waals surface area contributed by atoms with E-state index in [2.05, 4.69) is 23.2 Å². The zero-order valence-corrected chi connectivity index (χ0v) is 25.9. The summed E-state index contributed by atoms with van der Waals surface area (Å²) in [5, 5.41) is 3.04. The van der Waals surface area contributed by atoms with Crippen LogP contribution >= 0.6 is 0 Å². The predicted molar refractivity (Wildman–Crippen MR) is 168 cm³/mol. The fourth-order valence-corrected chi connectivity index (χ4v) is 5.55. The highest BCUT2D eigenvalue weighted by Gasteiger charge is 2.21. The van der Waals surface area contributed by atoms with Crippen molar-refractivity contribution < 1.29 is 14.3 Å². The second kappa shape index (κ2) is 22.4. The lowest BCUT2D eigenvalue weighted by atomic mass is 10.0. The van der Waals surface area contributed by atoms with Crippen molar-refractivity contribution in [2.24, 2.45) is 0 Å². The van der Waals surface area contributed by atoms with Crippen LogP contribution in [0.15, 0.2) is 24.3 Å². The third-order valence-electron chi connectivity index (χ3n) is 8.20. The van der Waals surface area contributed by atoms with Gasteiger partial charge in [0.05, 0.1) is 7.11 Å². The number of amides is 2. The van der Waals surface area contributed by atoms with Crippen LogP contribution < -0.4 is 15.0 Å².